The molecule has 0 saturated heterocycles. The second-order valence-corrected chi connectivity index (χ2v) is 5.26. The van der Waals surface area contributed by atoms with Crippen molar-refractivity contribution in [2.75, 3.05) is 18.4 Å². The highest BCUT2D eigenvalue weighted by atomic mass is 16.1. The van der Waals surface area contributed by atoms with Gasteiger partial charge in [0.05, 0.1) is 5.52 Å². The maximum absolute atomic E-state index is 12.2. The van der Waals surface area contributed by atoms with Crippen LogP contribution < -0.4 is 10.6 Å². The summed E-state index contributed by atoms with van der Waals surface area (Å²) in [7, 11) is 0. The van der Waals surface area contributed by atoms with Crippen LogP contribution in [0.4, 0.5) is 5.69 Å². The van der Waals surface area contributed by atoms with Crippen LogP contribution in [0.15, 0.2) is 30.3 Å². The molecular formula is C16H19N3O. The van der Waals surface area contributed by atoms with Crippen molar-refractivity contribution in [3.05, 3.63) is 36.0 Å². The van der Waals surface area contributed by atoms with Crippen LogP contribution in [0.25, 0.3) is 10.9 Å². The Morgan fingerprint density at radius 2 is 2.15 bits per heavy atom. The summed E-state index contributed by atoms with van der Waals surface area (Å²) < 4.78 is 0. The van der Waals surface area contributed by atoms with E-state index in [9.17, 15) is 4.79 Å². The number of aromatic nitrogens is 1. The zero-order chi connectivity index (χ0) is 13.9. The SMILES string of the molecule is CCNc1cc(C(=O)NCC2CC2)nc2ccccc12. The van der Waals surface area contributed by atoms with E-state index >= 15 is 0 Å². The maximum Gasteiger partial charge on any atom is 0.269 e. The zero-order valence-electron chi connectivity index (χ0n) is 11.6. The minimum absolute atomic E-state index is 0.0817. The predicted molar refractivity (Wildman–Crippen MR) is 81.0 cm³/mol. The van der Waals surface area contributed by atoms with E-state index < -0.39 is 0 Å². The van der Waals surface area contributed by atoms with Gasteiger partial charge in [0.1, 0.15) is 5.69 Å². The highest BCUT2D eigenvalue weighted by molar-refractivity contribution is 5.99. The van der Waals surface area contributed by atoms with Gasteiger partial charge in [-0.15, -0.1) is 0 Å². The molecule has 1 saturated carbocycles. The lowest BCUT2D eigenvalue weighted by Crippen LogP contribution is -2.26. The second kappa shape index (κ2) is 5.49. The van der Waals surface area contributed by atoms with E-state index in [0.29, 0.717) is 11.6 Å². The van der Waals surface area contributed by atoms with Crippen LogP contribution in [0.1, 0.15) is 30.3 Å². The van der Waals surface area contributed by atoms with Crippen LogP contribution in [0.3, 0.4) is 0 Å². The monoisotopic (exact) mass is 269 g/mol. The van der Waals surface area contributed by atoms with Crippen LogP contribution >= 0.6 is 0 Å². The number of benzene rings is 1. The van der Waals surface area contributed by atoms with Crippen LogP contribution in [0.5, 0.6) is 0 Å². The van der Waals surface area contributed by atoms with Crippen molar-refractivity contribution >= 4 is 22.5 Å². The van der Waals surface area contributed by atoms with Gasteiger partial charge in [-0.2, -0.15) is 0 Å². The third-order valence-corrected chi connectivity index (χ3v) is 3.56. The molecule has 1 fully saturated rings. The maximum atomic E-state index is 12.2. The highest BCUT2D eigenvalue weighted by Crippen LogP contribution is 2.28. The molecule has 4 nitrogen and oxygen atoms in total. The van der Waals surface area contributed by atoms with E-state index in [1.54, 1.807) is 0 Å². The summed E-state index contributed by atoms with van der Waals surface area (Å²) >= 11 is 0. The molecule has 0 radical (unpaired) electrons. The smallest absolute Gasteiger partial charge is 0.269 e. The number of para-hydroxylation sites is 1. The van der Waals surface area contributed by atoms with Gasteiger partial charge >= 0.3 is 0 Å². The second-order valence-electron chi connectivity index (χ2n) is 5.26. The number of anilines is 1. The molecule has 1 aliphatic rings. The molecule has 1 heterocycles. The molecule has 4 heteroatoms. The van der Waals surface area contributed by atoms with E-state index in [1.807, 2.05) is 37.3 Å². The van der Waals surface area contributed by atoms with Gasteiger partial charge in [0.25, 0.3) is 5.91 Å². The molecule has 2 N–H and O–H groups in total. The minimum Gasteiger partial charge on any atom is -0.385 e. The van der Waals surface area contributed by atoms with Crippen LogP contribution in [-0.4, -0.2) is 24.0 Å². The molecule has 1 aliphatic carbocycles. The van der Waals surface area contributed by atoms with E-state index in [-0.39, 0.29) is 5.91 Å². The van der Waals surface area contributed by atoms with Gasteiger partial charge < -0.3 is 10.6 Å². The Labute approximate surface area is 118 Å². The van der Waals surface area contributed by atoms with Crippen molar-refractivity contribution in [2.24, 2.45) is 5.92 Å². The van der Waals surface area contributed by atoms with Crippen molar-refractivity contribution in [3.8, 4) is 0 Å². The third-order valence-electron chi connectivity index (χ3n) is 3.56. The lowest BCUT2D eigenvalue weighted by molar-refractivity contribution is 0.0947. The standard InChI is InChI=1S/C16H19N3O/c1-2-17-14-9-15(16(20)18-10-11-7-8-11)19-13-6-4-3-5-12(13)14/h3-6,9,11H,2,7-8,10H2,1H3,(H,17,19)(H,18,20). The molecular weight excluding hydrogens is 250 g/mol. The minimum atomic E-state index is -0.0817. The Hall–Kier alpha value is -2.10. The number of carbonyl (C=O) groups excluding carboxylic acids is 1. The fraction of sp³-hybridized carbons (Fsp3) is 0.375. The zero-order valence-corrected chi connectivity index (χ0v) is 11.6. The third kappa shape index (κ3) is 2.74. The number of fused-ring (bicyclic) bond motifs is 1. The summed E-state index contributed by atoms with van der Waals surface area (Å²) in [5.41, 5.74) is 2.30. The first-order chi connectivity index (χ1) is 9.78. The fourth-order valence-corrected chi connectivity index (χ4v) is 2.28. The normalized spacial score (nSPS) is 14.2. The lowest BCUT2D eigenvalue weighted by atomic mass is 10.1. The number of carbonyl (C=O) groups is 1. The number of rotatable bonds is 5. The number of nitrogens with one attached hydrogen (secondary N) is 2. The molecule has 2 aromatic rings. The van der Waals surface area contributed by atoms with Crippen LogP contribution in [0.2, 0.25) is 0 Å². The quantitative estimate of drug-likeness (QED) is 0.877. The summed E-state index contributed by atoms with van der Waals surface area (Å²) in [5.74, 6) is 0.592. The Morgan fingerprint density at radius 1 is 1.35 bits per heavy atom. The van der Waals surface area contributed by atoms with E-state index in [1.165, 1.54) is 12.8 Å². The van der Waals surface area contributed by atoms with E-state index in [4.69, 9.17) is 0 Å². The summed E-state index contributed by atoms with van der Waals surface area (Å²) in [6.45, 7) is 3.63. The first-order valence-electron chi connectivity index (χ1n) is 7.19. The van der Waals surface area contributed by atoms with Crippen molar-refractivity contribution < 1.29 is 4.79 Å². The number of hydrogen-bond acceptors (Lipinski definition) is 3. The van der Waals surface area contributed by atoms with Gasteiger partial charge in [-0.25, -0.2) is 4.98 Å². The van der Waals surface area contributed by atoms with Crippen molar-refractivity contribution in [3.63, 3.8) is 0 Å². The van der Waals surface area contributed by atoms with Gasteiger partial charge in [-0.05, 0) is 37.8 Å². The van der Waals surface area contributed by atoms with Crippen molar-refractivity contribution in [1.29, 1.82) is 0 Å². The Kier molecular flexibility index (Phi) is 3.54. The molecule has 104 valence electrons. The Balaban J connectivity index is 1.91. The Bertz CT molecular complexity index is 635. The average Bonchev–Trinajstić information content (AvgIpc) is 3.29. The first kappa shape index (κ1) is 12.9. The molecule has 20 heavy (non-hydrogen) atoms. The molecule has 0 aliphatic heterocycles. The van der Waals surface area contributed by atoms with Gasteiger partial charge in [0.15, 0.2) is 0 Å². The summed E-state index contributed by atoms with van der Waals surface area (Å²) in [6.07, 6.45) is 2.46. The topological polar surface area (TPSA) is 54.0 Å². The predicted octanol–water partition coefficient (Wildman–Crippen LogP) is 2.81. The summed E-state index contributed by atoms with van der Waals surface area (Å²) in [5, 5.41) is 7.32. The molecule has 1 aromatic carbocycles. The van der Waals surface area contributed by atoms with Crippen molar-refractivity contribution in [2.45, 2.75) is 19.8 Å². The molecule has 0 spiro atoms. The molecule has 1 aromatic heterocycles. The lowest BCUT2D eigenvalue weighted by Gasteiger charge is -2.10. The van der Waals surface area contributed by atoms with E-state index in [2.05, 4.69) is 15.6 Å². The van der Waals surface area contributed by atoms with Gasteiger partial charge in [-0.3, -0.25) is 4.79 Å². The highest BCUT2D eigenvalue weighted by Gasteiger charge is 2.22. The number of pyridine rings is 1. The largest absolute Gasteiger partial charge is 0.385 e. The molecule has 0 bridgehead atoms. The fourth-order valence-electron chi connectivity index (χ4n) is 2.28. The Morgan fingerprint density at radius 3 is 2.90 bits per heavy atom. The van der Waals surface area contributed by atoms with Crippen LogP contribution in [0, 0.1) is 5.92 Å². The number of nitrogens with zero attached hydrogens (tertiary/aromatic N) is 1. The average molecular weight is 269 g/mol. The first-order valence-corrected chi connectivity index (χ1v) is 7.19. The molecule has 1 amide bonds. The summed E-state index contributed by atoms with van der Waals surface area (Å²) in [6, 6.07) is 9.72. The van der Waals surface area contributed by atoms with Crippen LogP contribution in [-0.2, 0) is 0 Å². The van der Waals surface area contributed by atoms with Gasteiger partial charge in [0, 0.05) is 24.2 Å². The molecule has 3 rings (SSSR count). The molecule has 0 atom stereocenters. The number of hydrogen-bond donors (Lipinski definition) is 2. The van der Waals surface area contributed by atoms with Crippen molar-refractivity contribution in [1.82, 2.24) is 10.3 Å². The van der Waals surface area contributed by atoms with Gasteiger partial charge in [-0.1, -0.05) is 18.2 Å². The summed E-state index contributed by atoms with van der Waals surface area (Å²) in [4.78, 5) is 16.6. The van der Waals surface area contributed by atoms with Gasteiger partial charge in [0.2, 0.25) is 0 Å². The molecule has 0 unspecified atom stereocenters. The van der Waals surface area contributed by atoms with E-state index in [0.717, 1.165) is 29.7 Å². The number of amides is 1.